The van der Waals surface area contributed by atoms with Crippen LogP contribution in [0.5, 0.6) is 5.75 Å². The number of hydrogen-bond donors (Lipinski definition) is 2. The van der Waals surface area contributed by atoms with Gasteiger partial charge < -0.3 is 15.0 Å². The lowest BCUT2D eigenvalue weighted by atomic mass is 9.79. The molecule has 1 fully saturated rings. The summed E-state index contributed by atoms with van der Waals surface area (Å²) in [7, 11) is 0. The Hall–Kier alpha value is -4.12. The van der Waals surface area contributed by atoms with E-state index in [0.29, 0.717) is 41.3 Å². The summed E-state index contributed by atoms with van der Waals surface area (Å²) in [6.45, 7) is 6.36. The summed E-state index contributed by atoms with van der Waals surface area (Å²) in [6, 6.07) is 19.1. The second kappa shape index (κ2) is 9.86. The lowest BCUT2D eigenvalue weighted by Crippen LogP contribution is -2.42. The fourth-order valence-corrected chi connectivity index (χ4v) is 5.36. The van der Waals surface area contributed by atoms with Crippen LogP contribution in [-0.4, -0.2) is 29.0 Å². The van der Waals surface area contributed by atoms with Gasteiger partial charge >= 0.3 is 0 Å². The van der Waals surface area contributed by atoms with Gasteiger partial charge in [0.2, 0.25) is 11.9 Å². The van der Waals surface area contributed by atoms with Gasteiger partial charge in [0.1, 0.15) is 24.1 Å². The normalized spacial score (nSPS) is 23.4. The highest BCUT2D eigenvalue weighted by Crippen LogP contribution is 2.39. The average Bonchev–Trinajstić information content (AvgIpc) is 2.87. The van der Waals surface area contributed by atoms with E-state index in [9.17, 15) is 14.9 Å². The molecule has 5 rings (SSSR count). The molecule has 0 saturated carbocycles. The van der Waals surface area contributed by atoms with Crippen molar-refractivity contribution in [3.63, 3.8) is 0 Å². The van der Waals surface area contributed by atoms with Gasteiger partial charge in [-0.3, -0.25) is 14.6 Å². The number of nitrogens with one attached hydrogen (secondary N) is 2. The summed E-state index contributed by atoms with van der Waals surface area (Å²) in [6.07, 6.45) is 1.12. The number of nitriles is 1. The van der Waals surface area contributed by atoms with Crippen LogP contribution in [0.1, 0.15) is 42.9 Å². The molecule has 0 bridgehead atoms. The molecule has 1 aromatic heterocycles. The molecular weight excluding hydrogens is 454 g/mol. The Morgan fingerprint density at radius 1 is 1.06 bits per heavy atom. The van der Waals surface area contributed by atoms with Crippen LogP contribution in [0, 0.1) is 29.1 Å². The van der Waals surface area contributed by atoms with Gasteiger partial charge in [0.05, 0.1) is 11.6 Å². The number of piperidine rings is 1. The maximum Gasteiger partial charge on any atom is 0.258 e. The van der Waals surface area contributed by atoms with E-state index in [1.54, 1.807) is 24.3 Å². The van der Waals surface area contributed by atoms with E-state index in [0.717, 1.165) is 25.1 Å². The number of amides is 1. The molecule has 184 valence electrons. The third-order valence-electron chi connectivity index (χ3n) is 6.91. The first-order chi connectivity index (χ1) is 17.4. The monoisotopic (exact) mass is 483 g/mol. The third-order valence-corrected chi connectivity index (χ3v) is 6.91. The summed E-state index contributed by atoms with van der Waals surface area (Å²) in [5.41, 5.74) is 1.70. The van der Waals surface area contributed by atoms with Crippen LogP contribution < -0.4 is 20.5 Å². The second-order valence-corrected chi connectivity index (χ2v) is 9.92. The Bertz CT molecular complexity index is 1340. The first kappa shape index (κ1) is 23.6. The number of benzene rings is 2. The zero-order valence-corrected chi connectivity index (χ0v) is 20.4. The predicted molar refractivity (Wildman–Crippen MR) is 137 cm³/mol. The summed E-state index contributed by atoms with van der Waals surface area (Å²) >= 11 is 0. The first-order valence-corrected chi connectivity index (χ1v) is 12.3. The molecule has 4 atom stereocenters. The zero-order chi connectivity index (χ0) is 25.2. The van der Waals surface area contributed by atoms with Gasteiger partial charge in [-0.25, -0.2) is 0 Å². The van der Waals surface area contributed by atoms with E-state index in [-0.39, 0.29) is 11.4 Å². The number of rotatable bonds is 5. The molecule has 36 heavy (non-hydrogen) atoms. The molecule has 2 aliphatic rings. The van der Waals surface area contributed by atoms with Crippen LogP contribution in [0.4, 0.5) is 11.8 Å². The van der Waals surface area contributed by atoms with Gasteiger partial charge in [-0.15, -0.1) is 0 Å². The predicted octanol–water partition coefficient (Wildman–Crippen LogP) is 4.05. The van der Waals surface area contributed by atoms with Gasteiger partial charge in [-0.2, -0.15) is 10.2 Å². The smallest absolute Gasteiger partial charge is 0.258 e. The quantitative estimate of drug-likeness (QED) is 0.566. The van der Waals surface area contributed by atoms with Crippen LogP contribution in [0.3, 0.4) is 0 Å². The number of nitrogens with zero attached hydrogens (tertiary/aromatic N) is 3. The standard InChI is InChI=1S/C28H29N5O3/c1-17-12-18(2)15-33(14-17)28-31-25-24(27(35)32-28)23(22(13-29)26(34)30-25)20-8-10-21(11-9-20)36-16-19-6-4-3-5-7-19/h3-11,17-18,22-23H,12,14-16H2,1-2H3,(H2,30,31,32,34,35). The van der Waals surface area contributed by atoms with Gasteiger partial charge in [-0.05, 0) is 41.5 Å². The van der Waals surface area contributed by atoms with E-state index in [1.807, 2.05) is 30.3 Å². The molecule has 2 aliphatic heterocycles. The number of ether oxygens (including phenoxy) is 1. The molecule has 1 amide bonds. The Morgan fingerprint density at radius 3 is 2.42 bits per heavy atom. The number of fused-ring (bicyclic) bond motifs is 1. The SMILES string of the molecule is CC1CC(C)CN(c2nc3c(c(=O)[nH]2)C(c2ccc(OCc4ccccc4)cc2)C(C#N)C(=O)N3)C1. The van der Waals surface area contributed by atoms with Gasteiger partial charge in [0.15, 0.2) is 0 Å². The van der Waals surface area contributed by atoms with Crippen molar-refractivity contribution in [1.29, 1.82) is 5.26 Å². The van der Waals surface area contributed by atoms with E-state index < -0.39 is 17.7 Å². The molecule has 8 heteroatoms. The zero-order valence-electron chi connectivity index (χ0n) is 20.4. The second-order valence-electron chi connectivity index (χ2n) is 9.92. The Labute approximate surface area is 209 Å². The van der Waals surface area contributed by atoms with E-state index in [1.165, 1.54) is 0 Å². The molecule has 2 aromatic carbocycles. The maximum absolute atomic E-state index is 13.4. The van der Waals surface area contributed by atoms with Crippen LogP contribution in [0.25, 0.3) is 0 Å². The fraction of sp³-hybridized carbons (Fsp3) is 0.357. The Kier molecular flexibility index (Phi) is 6.47. The van der Waals surface area contributed by atoms with Crippen molar-refractivity contribution in [2.24, 2.45) is 17.8 Å². The third kappa shape index (κ3) is 4.69. The molecule has 1 saturated heterocycles. The lowest BCUT2D eigenvalue weighted by molar-refractivity contribution is -0.119. The van der Waals surface area contributed by atoms with Crippen molar-refractivity contribution in [1.82, 2.24) is 9.97 Å². The van der Waals surface area contributed by atoms with E-state index in [2.05, 4.69) is 40.1 Å². The molecule has 2 N–H and O–H groups in total. The summed E-state index contributed by atoms with van der Waals surface area (Å²) in [5.74, 6) is 0.0628. The van der Waals surface area contributed by atoms with Crippen LogP contribution in [0.15, 0.2) is 59.4 Å². The minimum Gasteiger partial charge on any atom is -0.489 e. The van der Waals surface area contributed by atoms with Crippen molar-refractivity contribution < 1.29 is 9.53 Å². The topological polar surface area (TPSA) is 111 Å². The maximum atomic E-state index is 13.4. The number of hydrogen-bond acceptors (Lipinski definition) is 6. The molecule has 8 nitrogen and oxygen atoms in total. The molecule has 0 aliphatic carbocycles. The number of aromatic nitrogens is 2. The summed E-state index contributed by atoms with van der Waals surface area (Å²) in [5, 5.41) is 12.5. The van der Waals surface area contributed by atoms with Crippen LogP contribution >= 0.6 is 0 Å². The van der Waals surface area contributed by atoms with Gasteiger partial charge in [0.25, 0.3) is 5.56 Å². The lowest BCUT2D eigenvalue weighted by Gasteiger charge is -2.36. The van der Waals surface area contributed by atoms with Crippen molar-refractivity contribution in [3.8, 4) is 11.8 Å². The van der Waals surface area contributed by atoms with Gasteiger partial charge in [0, 0.05) is 19.0 Å². The highest BCUT2D eigenvalue weighted by molar-refractivity contribution is 5.98. The van der Waals surface area contributed by atoms with Crippen LogP contribution in [0.2, 0.25) is 0 Å². The van der Waals surface area contributed by atoms with E-state index in [4.69, 9.17) is 4.74 Å². The van der Waals surface area contributed by atoms with Gasteiger partial charge in [-0.1, -0.05) is 56.3 Å². The largest absolute Gasteiger partial charge is 0.489 e. The van der Waals surface area contributed by atoms with Crippen molar-refractivity contribution in [2.45, 2.75) is 32.8 Å². The highest BCUT2D eigenvalue weighted by atomic mass is 16.5. The molecule has 3 aromatic rings. The van der Waals surface area contributed by atoms with Crippen LogP contribution in [-0.2, 0) is 11.4 Å². The molecule has 3 heterocycles. The number of carbonyl (C=O) groups is 1. The number of anilines is 2. The first-order valence-electron chi connectivity index (χ1n) is 12.3. The highest BCUT2D eigenvalue weighted by Gasteiger charge is 2.40. The fourth-order valence-electron chi connectivity index (χ4n) is 5.36. The van der Waals surface area contributed by atoms with Crippen molar-refractivity contribution >= 4 is 17.7 Å². The van der Waals surface area contributed by atoms with Crippen molar-refractivity contribution in [3.05, 3.63) is 81.6 Å². The molecule has 0 spiro atoms. The molecule has 0 radical (unpaired) electrons. The molecule has 4 unspecified atom stereocenters. The minimum atomic E-state index is -1.04. The minimum absolute atomic E-state index is 0.227. The Balaban J connectivity index is 1.45. The number of H-pyrrole nitrogens is 1. The van der Waals surface area contributed by atoms with E-state index >= 15 is 0 Å². The number of carbonyl (C=O) groups excluding carboxylic acids is 1. The Morgan fingerprint density at radius 2 is 1.75 bits per heavy atom. The van der Waals surface area contributed by atoms with Crippen molar-refractivity contribution in [2.75, 3.05) is 23.3 Å². The molecular formula is C28H29N5O3. The summed E-state index contributed by atoms with van der Waals surface area (Å²) in [4.78, 5) is 35.9. The average molecular weight is 484 g/mol. The number of aromatic amines is 1. The summed E-state index contributed by atoms with van der Waals surface area (Å²) < 4.78 is 5.87.